The fourth-order valence-electron chi connectivity index (χ4n) is 3.08. The quantitative estimate of drug-likeness (QED) is 0.775. The molecule has 0 saturated carbocycles. The molecular formula is C17H18ClF3N4O3S. The van der Waals surface area contributed by atoms with Gasteiger partial charge in [-0.15, -0.1) is 0 Å². The number of piperidine rings is 1. The molecular weight excluding hydrogens is 433 g/mol. The molecule has 0 radical (unpaired) electrons. The van der Waals surface area contributed by atoms with E-state index in [1.165, 1.54) is 27.5 Å². The van der Waals surface area contributed by atoms with Gasteiger partial charge in [0, 0.05) is 37.9 Å². The summed E-state index contributed by atoms with van der Waals surface area (Å²) in [5.41, 5.74) is -1.05. The van der Waals surface area contributed by atoms with Gasteiger partial charge in [-0.2, -0.15) is 17.5 Å². The van der Waals surface area contributed by atoms with E-state index in [0.29, 0.717) is 0 Å². The molecule has 1 N–H and O–H groups in total. The molecule has 29 heavy (non-hydrogen) atoms. The van der Waals surface area contributed by atoms with Crippen molar-refractivity contribution in [2.75, 3.05) is 18.4 Å². The van der Waals surface area contributed by atoms with E-state index in [2.05, 4.69) is 10.3 Å². The number of sulfonamides is 1. The maximum absolute atomic E-state index is 13.0. The van der Waals surface area contributed by atoms with Gasteiger partial charge >= 0.3 is 6.18 Å². The summed E-state index contributed by atoms with van der Waals surface area (Å²) in [6.07, 6.45) is -1.36. The Morgan fingerprint density at radius 1 is 1.28 bits per heavy atom. The predicted molar refractivity (Wildman–Crippen MR) is 99.8 cm³/mol. The van der Waals surface area contributed by atoms with Crippen LogP contribution in [0.4, 0.5) is 18.9 Å². The van der Waals surface area contributed by atoms with E-state index in [0.717, 1.165) is 12.1 Å². The number of hydrogen-bond donors (Lipinski definition) is 1. The van der Waals surface area contributed by atoms with Gasteiger partial charge in [0.05, 0.1) is 16.9 Å². The predicted octanol–water partition coefficient (Wildman–Crippen LogP) is 3.13. The first-order valence-corrected chi connectivity index (χ1v) is 10.5. The molecule has 2 aromatic rings. The zero-order valence-corrected chi connectivity index (χ0v) is 16.9. The van der Waals surface area contributed by atoms with Crippen molar-refractivity contribution in [3.63, 3.8) is 0 Å². The number of alkyl halides is 3. The molecule has 0 spiro atoms. The number of anilines is 1. The van der Waals surface area contributed by atoms with Gasteiger partial charge in [-0.05, 0) is 31.0 Å². The van der Waals surface area contributed by atoms with E-state index in [1.54, 1.807) is 7.05 Å². The standard InChI is InChI=1S/C17H18ClF3N4O3S/c1-24-9-15(22-10-24)29(27,28)25-6-4-11(5-7-25)16(26)23-12-2-3-14(18)13(8-12)17(19,20)21/h2-3,8-11H,4-7H2,1H3,(H,23,26). The van der Waals surface area contributed by atoms with E-state index in [4.69, 9.17) is 11.6 Å². The van der Waals surface area contributed by atoms with Crippen molar-refractivity contribution in [3.8, 4) is 0 Å². The second-order valence-corrected chi connectivity index (χ2v) is 9.03. The Balaban J connectivity index is 1.64. The first kappa shape index (κ1) is 21.6. The highest BCUT2D eigenvalue weighted by molar-refractivity contribution is 7.89. The molecule has 0 aliphatic carbocycles. The van der Waals surface area contributed by atoms with Crippen molar-refractivity contribution >= 4 is 33.2 Å². The monoisotopic (exact) mass is 450 g/mol. The lowest BCUT2D eigenvalue weighted by molar-refractivity contribution is -0.137. The minimum Gasteiger partial charge on any atom is -0.339 e. The van der Waals surface area contributed by atoms with Gasteiger partial charge in [0.15, 0.2) is 5.03 Å². The molecule has 1 aliphatic rings. The second kappa shape index (κ2) is 7.96. The number of nitrogens with one attached hydrogen (secondary N) is 1. The number of halogens is 4. The molecule has 3 rings (SSSR count). The number of benzene rings is 1. The van der Waals surface area contributed by atoms with Crippen molar-refractivity contribution in [1.29, 1.82) is 0 Å². The van der Waals surface area contributed by atoms with Gasteiger partial charge in [-0.3, -0.25) is 4.79 Å². The van der Waals surface area contributed by atoms with Crippen molar-refractivity contribution in [3.05, 3.63) is 41.3 Å². The van der Waals surface area contributed by atoms with Crippen LogP contribution in [0.3, 0.4) is 0 Å². The number of imidazole rings is 1. The van der Waals surface area contributed by atoms with Gasteiger partial charge in [-0.1, -0.05) is 11.6 Å². The number of carbonyl (C=O) groups excluding carboxylic acids is 1. The van der Waals surface area contributed by atoms with Crippen LogP contribution in [0, 0.1) is 5.92 Å². The SMILES string of the molecule is Cn1cnc(S(=O)(=O)N2CCC(C(=O)Nc3ccc(Cl)c(C(F)(F)F)c3)CC2)c1. The van der Waals surface area contributed by atoms with E-state index in [9.17, 15) is 26.4 Å². The molecule has 0 bridgehead atoms. The van der Waals surface area contributed by atoms with Gasteiger partial charge in [0.1, 0.15) is 0 Å². The first-order valence-electron chi connectivity index (χ1n) is 8.64. The van der Waals surface area contributed by atoms with Crippen LogP contribution in [0.15, 0.2) is 35.7 Å². The lowest BCUT2D eigenvalue weighted by Gasteiger charge is -2.30. The van der Waals surface area contributed by atoms with Crippen LogP contribution in [0.25, 0.3) is 0 Å². The number of amides is 1. The van der Waals surface area contributed by atoms with E-state index >= 15 is 0 Å². The largest absolute Gasteiger partial charge is 0.417 e. The van der Waals surface area contributed by atoms with Crippen molar-refractivity contribution in [2.24, 2.45) is 13.0 Å². The Morgan fingerprint density at radius 2 is 1.93 bits per heavy atom. The summed E-state index contributed by atoms with van der Waals surface area (Å²) in [5.74, 6) is -0.981. The molecule has 1 aromatic heterocycles. The average molecular weight is 451 g/mol. The number of nitrogens with zero attached hydrogens (tertiary/aromatic N) is 3. The molecule has 0 atom stereocenters. The van der Waals surface area contributed by atoms with Gasteiger partial charge in [0.2, 0.25) is 5.91 Å². The van der Waals surface area contributed by atoms with Crippen molar-refractivity contribution < 1.29 is 26.4 Å². The van der Waals surface area contributed by atoms with Crippen molar-refractivity contribution in [1.82, 2.24) is 13.9 Å². The lowest BCUT2D eigenvalue weighted by atomic mass is 9.97. The zero-order chi connectivity index (χ0) is 21.4. The number of aromatic nitrogens is 2. The Kier molecular flexibility index (Phi) is 5.93. The van der Waals surface area contributed by atoms with Crippen LogP contribution in [-0.4, -0.2) is 41.3 Å². The minimum absolute atomic E-state index is 0.0183. The van der Waals surface area contributed by atoms with Crippen LogP contribution < -0.4 is 5.32 Å². The normalized spacial score (nSPS) is 16.7. The number of rotatable bonds is 4. The summed E-state index contributed by atoms with van der Waals surface area (Å²) in [6.45, 7) is 0.233. The number of hydrogen-bond acceptors (Lipinski definition) is 4. The molecule has 7 nitrogen and oxygen atoms in total. The first-order chi connectivity index (χ1) is 13.5. The van der Waals surface area contributed by atoms with E-state index in [-0.39, 0.29) is 36.6 Å². The lowest BCUT2D eigenvalue weighted by Crippen LogP contribution is -2.41. The maximum Gasteiger partial charge on any atom is 0.417 e. The van der Waals surface area contributed by atoms with Crippen LogP contribution in [0.1, 0.15) is 18.4 Å². The van der Waals surface area contributed by atoms with Crippen molar-refractivity contribution in [2.45, 2.75) is 24.0 Å². The summed E-state index contributed by atoms with van der Waals surface area (Å²) in [6, 6.07) is 3.14. The third kappa shape index (κ3) is 4.73. The summed E-state index contributed by atoms with van der Waals surface area (Å²) in [5, 5.41) is 1.94. The average Bonchev–Trinajstić information content (AvgIpc) is 3.09. The Hall–Kier alpha value is -2.11. The van der Waals surface area contributed by atoms with Gasteiger partial charge < -0.3 is 9.88 Å². The molecule has 2 heterocycles. The van der Waals surface area contributed by atoms with E-state index < -0.39 is 38.6 Å². The summed E-state index contributed by atoms with van der Waals surface area (Å²) < 4.78 is 66.8. The highest BCUT2D eigenvalue weighted by Crippen LogP contribution is 2.36. The molecule has 158 valence electrons. The van der Waals surface area contributed by atoms with Crippen LogP contribution >= 0.6 is 11.6 Å². The molecule has 1 aromatic carbocycles. The zero-order valence-electron chi connectivity index (χ0n) is 15.3. The Morgan fingerprint density at radius 3 is 2.48 bits per heavy atom. The summed E-state index contributed by atoms with van der Waals surface area (Å²) >= 11 is 5.58. The Labute approximate surface area is 170 Å². The summed E-state index contributed by atoms with van der Waals surface area (Å²) in [4.78, 5) is 16.3. The molecule has 0 unspecified atom stereocenters. The Bertz CT molecular complexity index is 1020. The van der Waals surface area contributed by atoms with E-state index in [1.807, 2.05) is 0 Å². The van der Waals surface area contributed by atoms with Gasteiger partial charge in [0.25, 0.3) is 10.0 Å². The second-order valence-electron chi connectivity index (χ2n) is 6.74. The minimum atomic E-state index is -4.64. The fraction of sp³-hybridized carbons (Fsp3) is 0.412. The molecule has 1 fully saturated rings. The third-order valence-corrected chi connectivity index (χ3v) is 6.76. The van der Waals surface area contributed by atoms with Crippen LogP contribution in [0.2, 0.25) is 5.02 Å². The molecule has 1 aliphatic heterocycles. The number of aryl methyl sites for hydroxylation is 1. The smallest absolute Gasteiger partial charge is 0.339 e. The maximum atomic E-state index is 13.0. The number of carbonyl (C=O) groups is 1. The third-order valence-electron chi connectivity index (χ3n) is 4.65. The molecule has 1 amide bonds. The summed E-state index contributed by atoms with van der Waals surface area (Å²) in [7, 11) is -2.09. The van der Waals surface area contributed by atoms with Crippen LogP contribution in [0.5, 0.6) is 0 Å². The fourth-order valence-corrected chi connectivity index (χ4v) is 4.74. The van der Waals surface area contributed by atoms with Gasteiger partial charge in [-0.25, -0.2) is 13.4 Å². The topological polar surface area (TPSA) is 84.3 Å². The highest BCUT2D eigenvalue weighted by Gasteiger charge is 2.35. The molecule has 12 heteroatoms. The molecule has 1 saturated heterocycles. The van der Waals surface area contributed by atoms with Crippen LogP contribution in [-0.2, 0) is 28.0 Å². The highest BCUT2D eigenvalue weighted by atomic mass is 35.5.